The Labute approximate surface area is 155 Å². The van der Waals surface area contributed by atoms with E-state index in [1.54, 1.807) is 4.57 Å². The maximum Gasteiger partial charge on any atom is 0.341 e. The van der Waals surface area contributed by atoms with Gasteiger partial charge in [0.05, 0.1) is 5.39 Å². The summed E-state index contributed by atoms with van der Waals surface area (Å²) in [5, 5.41) is 9.32. The summed E-state index contributed by atoms with van der Waals surface area (Å²) in [5.74, 6) is -1.51. The van der Waals surface area contributed by atoms with E-state index in [2.05, 4.69) is 4.98 Å². The number of fused-ring (bicyclic) bond motifs is 1. The summed E-state index contributed by atoms with van der Waals surface area (Å²) in [5.41, 5.74) is 5.13. The zero-order chi connectivity index (χ0) is 19.5. The number of pyridine rings is 2. The van der Waals surface area contributed by atoms with Crippen LogP contribution >= 0.6 is 0 Å². The van der Waals surface area contributed by atoms with Crippen molar-refractivity contribution in [1.29, 1.82) is 0 Å². The third kappa shape index (κ3) is 3.07. The van der Waals surface area contributed by atoms with E-state index in [-0.39, 0.29) is 34.3 Å². The van der Waals surface area contributed by atoms with Crippen molar-refractivity contribution in [2.45, 2.75) is 44.7 Å². The number of halogens is 1. The fraction of sp³-hybridized carbons (Fsp3) is 0.526. The minimum atomic E-state index is -1.31. The maximum atomic E-state index is 14.8. The molecule has 1 saturated heterocycles. The predicted molar refractivity (Wildman–Crippen MR) is 99.8 cm³/mol. The maximum absolute atomic E-state index is 14.8. The van der Waals surface area contributed by atoms with Gasteiger partial charge in [0, 0.05) is 30.9 Å². The average Bonchev–Trinajstić information content (AvgIpc) is 3.29. The first kappa shape index (κ1) is 17.9. The van der Waals surface area contributed by atoms with Gasteiger partial charge in [-0.3, -0.25) is 4.79 Å². The summed E-state index contributed by atoms with van der Waals surface area (Å²) in [6, 6.07) is 1.23. The van der Waals surface area contributed by atoms with E-state index in [0.717, 1.165) is 25.3 Å². The normalized spacial score (nSPS) is 20.4. The molecule has 2 aliphatic rings. The van der Waals surface area contributed by atoms with Crippen LogP contribution < -0.4 is 16.1 Å². The second-order valence-corrected chi connectivity index (χ2v) is 8.23. The van der Waals surface area contributed by atoms with Gasteiger partial charge in [0.1, 0.15) is 11.2 Å². The molecular formula is C19H23FN4O3. The van der Waals surface area contributed by atoms with Crippen LogP contribution in [0.1, 0.15) is 49.5 Å². The Hall–Kier alpha value is -2.48. The smallest absolute Gasteiger partial charge is 0.341 e. The number of hydrogen-bond donors (Lipinski definition) is 2. The quantitative estimate of drug-likeness (QED) is 0.850. The van der Waals surface area contributed by atoms with Crippen LogP contribution in [0.5, 0.6) is 0 Å². The molecule has 3 N–H and O–H groups in total. The SMILES string of the molecule is CC(C)(N)[C@@H]1CCN(c2nc3c(cc2F)c(=O)c(C(=O)O)cn3C2CC2)C1. The van der Waals surface area contributed by atoms with Crippen molar-refractivity contribution < 1.29 is 14.3 Å². The molecule has 0 spiro atoms. The largest absolute Gasteiger partial charge is 0.477 e. The van der Waals surface area contributed by atoms with E-state index in [4.69, 9.17) is 5.73 Å². The van der Waals surface area contributed by atoms with Gasteiger partial charge in [-0.2, -0.15) is 0 Å². The molecule has 0 aromatic carbocycles. The zero-order valence-corrected chi connectivity index (χ0v) is 15.4. The van der Waals surface area contributed by atoms with Crippen LogP contribution in [0, 0.1) is 11.7 Å². The molecule has 1 atom stereocenters. The lowest BCUT2D eigenvalue weighted by atomic mass is 9.88. The van der Waals surface area contributed by atoms with Crippen molar-refractivity contribution in [2.24, 2.45) is 11.7 Å². The Kier molecular flexibility index (Phi) is 3.99. The highest BCUT2D eigenvalue weighted by molar-refractivity contribution is 5.92. The third-order valence-electron chi connectivity index (χ3n) is 5.65. The Morgan fingerprint density at radius 2 is 2.07 bits per heavy atom. The molecule has 7 nitrogen and oxygen atoms in total. The van der Waals surface area contributed by atoms with Gasteiger partial charge in [-0.1, -0.05) is 0 Å². The summed E-state index contributed by atoms with van der Waals surface area (Å²) in [4.78, 5) is 30.2. The summed E-state index contributed by atoms with van der Waals surface area (Å²) in [7, 11) is 0. The summed E-state index contributed by atoms with van der Waals surface area (Å²) in [6.45, 7) is 5.16. The number of nitrogens with zero attached hydrogens (tertiary/aromatic N) is 3. The van der Waals surface area contributed by atoms with Crippen molar-refractivity contribution in [3.8, 4) is 0 Å². The lowest BCUT2D eigenvalue weighted by Crippen LogP contribution is -2.42. The van der Waals surface area contributed by atoms with E-state index in [1.165, 1.54) is 6.20 Å². The third-order valence-corrected chi connectivity index (χ3v) is 5.65. The molecule has 144 valence electrons. The number of rotatable bonds is 4. The molecule has 2 aromatic rings. The molecule has 1 saturated carbocycles. The number of hydrogen-bond acceptors (Lipinski definition) is 5. The molecule has 0 bridgehead atoms. The summed E-state index contributed by atoms with van der Waals surface area (Å²) >= 11 is 0. The molecule has 0 amide bonds. The van der Waals surface area contributed by atoms with Crippen LogP contribution in [0.4, 0.5) is 10.2 Å². The Morgan fingerprint density at radius 1 is 1.37 bits per heavy atom. The van der Waals surface area contributed by atoms with Gasteiger partial charge in [0.25, 0.3) is 0 Å². The van der Waals surface area contributed by atoms with Gasteiger partial charge in [0.15, 0.2) is 11.6 Å². The van der Waals surface area contributed by atoms with Crippen LogP contribution in [-0.4, -0.2) is 39.3 Å². The topological polar surface area (TPSA) is 101 Å². The van der Waals surface area contributed by atoms with Crippen LogP contribution in [0.2, 0.25) is 0 Å². The van der Waals surface area contributed by atoms with Crippen molar-refractivity contribution in [1.82, 2.24) is 9.55 Å². The number of carboxylic acid groups (broad SMARTS) is 1. The fourth-order valence-corrected chi connectivity index (χ4v) is 3.80. The molecule has 0 unspecified atom stereocenters. The molecule has 1 aliphatic carbocycles. The lowest BCUT2D eigenvalue weighted by molar-refractivity contribution is 0.0695. The van der Waals surface area contributed by atoms with E-state index in [1.807, 2.05) is 18.7 Å². The number of aromatic nitrogens is 2. The van der Waals surface area contributed by atoms with Gasteiger partial charge in [0.2, 0.25) is 5.43 Å². The van der Waals surface area contributed by atoms with Crippen LogP contribution in [0.3, 0.4) is 0 Å². The lowest BCUT2D eigenvalue weighted by Gasteiger charge is -2.27. The monoisotopic (exact) mass is 374 g/mol. The van der Waals surface area contributed by atoms with Crippen LogP contribution in [-0.2, 0) is 0 Å². The van der Waals surface area contributed by atoms with Gasteiger partial charge in [-0.05, 0) is 45.1 Å². The highest BCUT2D eigenvalue weighted by Crippen LogP contribution is 2.37. The summed E-state index contributed by atoms with van der Waals surface area (Å²) < 4.78 is 16.5. The minimum absolute atomic E-state index is 0.0120. The van der Waals surface area contributed by atoms with E-state index < -0.39 is 17.2 Å². The first-order valence-corrected chi connectivity index (χ1v) is 9.19. The van der Waals surface area contributed by atoms with Gasteiger partial charge in [-0.25, -0.2) is 14.2 Å². The molecule has 8 heteroatoms. The van der Waals surface area contributed by atoms with Crippen molar-refractivity contribution in [3.63, 3.8) is 0 Å². The second-order valence-electron chi connectivity index (χ2n) is 8.23. The number of carbonyl (C=O) groups is 1. The van der Waals surface area contributed by atoms with Crippen LogP contribution in [0.15, 0.2) is 17.1 Å². The predicted octanol–water partition coefficient (Wildman–Crippen LogP) is 2.13. The highest BCUT2D eigenvalue weighted by atomic mass is 19.1. The Balaban J connectivity index is 1.84. The Morgan fingerprint density at radius 3 is 2.63 bits per heavy atom. The standard InChI is InChI=1S/C19H23FN4O3/c1-19(2,21)10-5-6-23(8-10)17-14(20)7-12-15(25)13(18(26)27)9-24(11-3-4-11)16(12)22-17/h7,9-11H,3-6,8,21H2,1-2H3,(H,26,27)/t10-/m1/s1. The summed E-state index contributed by atoms with van der Waals surface area (Å²) in [6.07, 6.45) is 3.96. The second kappa shape index (κ2) is 6.02. The molecule has 1 aliphatic heterocycles. The molecule has 2 fully saturated rings. The first-order valence-electron chi connectivity index (χ1n) is 9.19. The highest BCUT2D eigenvalue weighted by Gasteiger charge is 2.35. The van der Waals surface area contributed by atoms with E-state index >= 15 is 0 Å². The molecule has 4 rings (SSSR count). The number of nitrogens with two attached hydrogens (primary N) is 1. The van der Waals surface area contributed by atoms with Gasteiger partial charge in [-0.15, -0.1) is 0 Å². The molecule has 27 heavy (non-hydrogen) atoms. The molecule has 2 aromatic heterocycles. The molecular weight excluding hydrogens is 351 g/mol. The van der Waals surface area contributed by atoms with E-state index in [9.17, 15) is 19.1 Å². The number of carboxylic acids is 1. The number of aromatic carboxylic acids is 1. The zero-order valence-electron chi connectivity index (χ0n) is 15.4. The van der Waals surface area contributed by atoms with Gasteiger partial charge >= 0.3 is 5.97 Å². The first-order chi connectivity index (χ1) is 12.7. The van der Waals surface area contributed by atoms with Crippen molar-refractivity contribution in [3.05, 3.63) is 33.9 Å². The number of anilines is 1. The van der Waals surface area contributed by atoms with Gasteiger partial charge < -0.3 is 20.3 Å². The van der Waals surface area contributed by atoms with Crippen LogP contribution in [0.25, 0.3) is 11.0 Å². The van der Waals surface area contributed by atoms with E-state index in [0.29, 0.717) is 18.7 Å². The Bertz CT molecular complexity index is 991. The molecule has 3 heterocycles. The van der Waals surface area contributed by atoms with Crippen molar-refractivity contribution >= 4 is 22.8 Å². The fourth-order valence-electron chi connectivity index (χ4n) is 3.80. The molecule has 0 radical (unpaired) electrons. The van der Waals surface area contributed by atoms with Crippen molar-refractivity contribution in [2.75, 3.05) is 18.0 Å². The average molecular weight is 374 g/mol. The minimum Gasteiger partial charge on any atom is -0.477 e.